The first-order valence-corrected chi connectivity index (χ1v) is 11.0. The van der Waals surface area contributed by atoms with E-state index < -0.39 is 0 Å². The summed E-state index contributed by atoms with van der Waals surface area (Å²) in [6.45, 7) is 4.96. The van der Waals surface area contributed by atoms with Gasteiger partial charge in [-0.3, -0.25) is 14.7 Å². The Morgan fingerprint density at radius 3 is 2.70 bits per heavy atom. The van der Waals surface area contributed by atoms with Gasteiger partial charge in [-0.2, -0.15) is 0 Å². The Labute approximate surface area is 165 Å². The van der Waals surface area contributed by atoms with E-state index in [9.17, 15) is 4.79 Å². The van der Waals surface area contributed by atoms with Crippen molar-refractivity contribution >= 4 is 17.2 Å². The van der Waals surface area contributed by atoms with Crippen LogP contribution < -0.4 is 0 Å². The standard InChI is InChI=1S/C21H28N4OS/c26-20(13-19-16-27-21(23-19)18-7-4-8-22-14-18)25-11-9-24(10-12-25)15-17-5-2-1-3-6-17/h4,7-8,14,16-17H,1-3,5-6,9-13,15H2. The lowest BCUT2D eigenvalue weighted by Gasteiger charge is -2.37. The minimum Gasteiger partial charge on any atom is -0.340 e. The topological polar surface area (TPSA) is 49.3 Å². The van der Waals surface area contributed by atoms with E-state index in [0.29, 0.717) is 6.42 Å². The van der Waals surface area contributed by atoms with E-state index >= 15 is 0 Å². The Morgan fingerprint density at radius 2 is 1.96 bits per heavy atom. The molecule has 0 radical (unpaired) electrons. The van der Waals surface area contributed by atoms with Gasteiger partial charge < -0.3 is 4.90 Å². The number of carbonyl (C=O) groups is 1. The van der Waals surface area contributed by atoms with Crippen molar-refractivity contribution in [3.63, 3.8) is 0 Å². The molecule has 0 N–H and O–H groups in total. The van der Waals surface area contributed by atoms with E-state index in [4.69, 9.17) is 0 Å². The highest BCUT2D eigenvalue weighted by Gasteiger charge is 2.24. The molecule has 5 nitrogen and oxygen atoms in total. The fraction of sp³-hybridized carbons (Fsp3) is 0.571. The Bertz CT molecular complexity index is 734. The third-order valence-electron chi connectivity index (χ3n) is 5.76. The molecule has 1 amide bonds. The average molecular weight is 385 g/mol. The number of carbonyl (C=O) groups excluding carboxylic acids is 1. The molecule has 0 atom stereocenters. The van der Waals surface area contributed by atoms with Crippen molar-refractivity contribution in [1.82, 2.24) is 19.8 Å². The first-order valence-electron chi connectivity index (χ1n) is 10.1. The van der Waals surface area contributed by atoms with Gasteiger partial charge in [0.15, 0.2) is 0 Å². The molecule has 3 heterocycles. The van der Waals surface area contributed by atoms with Gasteiger partial charge >= 0.3 is 0 Å². The summed E-state index contributed by atoms with van der Waals surface area (Å²) in [5.74, 6) is 1.08. The molecule has 144 valence electrons. The summed E-state index contributed by atoms with van der Waals surface area (Å²) in [4.78, 5) is 26.0. The minimum absolute atomic E-state index is 0.204. The maximum Gasteiger partial charge on any atom is 0.228 e. The summed E-state index contributed by atoms with van der Waals surface area (Å²) < 4.78 is 0. The minimum atomic E-state index is 0.204. The number of hydrogen-bond acceptors (Lipinski definition) is 5. The van der Waals surface area contributed by atoms with Crippen molar-refractivity contribution in [3.8, 4) is 10.6 Å². The summed E-state index contributed by atoms with van der Waals surface area (Å²) >= 11 is 1.58. The molecule has 1 saturated heterocycles. The van der Waals surface area contributed by atoms with Crippen LogP contribution in [0.25, 0.3) is 10.6 Å². The van der Waals surface area contributed by atoms with Gasteiger partial charge in [-0.1, -0.05) is 19.3 Å². The maximum atomic E-state index is 12.7. The number of aromatic nitrogens is 2. The molecule has 6 heteroatoms. The monoisotopic (exact) mass is 384 g/mol. The molecule has 27 heavy (non-hydrogen) atoms. The summed E-state index contributed by atoms with van der Waals surface area (Å²) in [6.07, 6.45) is 11.0. The van der Waals surface area contributed by atoms with Gasteiger partial charge in [-0.05, 0) is 30.9 Å². The van der Waals surface area contributed by atoms with Gasteiger partial charge in [0.1, 0.15) is 5.01 Å². The second-order valence-corrected chi connectivity index (χ2v) is 8.61. The highest BCUT2D eigenvalue weighted by atomic mass is 32.1. The SMILES string of the molecule is O=C(Cc1csc(-c2cccnc2)n1)N1CCN(CC2CCCCC2)CC1. The zero-order valence-electron chi connectivity index (χ0n) is 15.8. The molecule has 1 aliphatic heterocycles. The zero-order chi connectivity index (χ0) is 18.5. The van der Waals surface area contributed by atoms with E-state index in [0.717, 1.165) is 48.4 Å². The van der Waals surface area contributed by atoms with Crippen LogP contribution in [0.2, 0.25) is 0 Å². The van der Waals surface area contributed by atoms with E-state index in [1.54, 1.807) is 17.5 Å². The first kappa shape index (κ1) is 18.6. The second-order valence-electron chi connectivity index (χ2n) is 7.75. The molecule has 0 bridgehead atoms. The normalized spacial score (nSPS) is 19.3. The highest BCUT2D eigenvalue weighted by molar-refractivity contribution is 7.13. The van der Waals surface area contributed by atoms with Gasteiger partial charge in [0, 0.05) is 56.1 Å². The van der Waals surface area contributed by atoms with Crippen LogP contribution >= 0.6 is 11.3 Å². The van der Waals surface area contributed by atoms with Crippen LogP contribution in [0.15, 0.2) is 29.9 Å². The fourth-order valence-electron chi connectivity index (χ4n) is 4.19. The Hall–Kier alpha value is -1.79. The maximum absolute atomic E-state index is 12.7. The van der Waals surface area contributed by atoms with E-state index in [-0.39, 0.29) is 5.91 Å². The van der Waals surface area contributed by atoms with Gasteiger partial charge in [0.2, 0.25) is 5.91 Å². The predicted molar refractivity (Wildman–Crippen MR) is 109 cm³/mol. The van der Waals surface area contributed by atoms with Crippen LogP contribution in [0.4, 0.5) is 0 Å². The van der Waals surface area contributed by atoms with Gasteiger partial charge in [-0.15, -0.1) is 11.3 Å². The van der Waals surface area contributed by atoms with Crippen LogP contribution in [-0.4, -0.2) is 58.4 Å². The number of rotatable bonds is 5. The number of nitrogens with zero attached hydrogens (tertiary/aromatic N) is 4. The third kappa shape index (κ3) is 4.93. The zero-order valence-corrected chi connectivity index (χ0v) is 16.7. The number of thiazole rings is 1. The molecular formula is C21H28N4OS. The molecule has 0 unspecified atom stereocenters. The van der Waals surface area contributed by atoms with E-state index in [1.807, 2.05) is 28.6 Å². The summed E-state index contributed by atoms with van der Waals surface area (Å²) in [6, 6.07) is 3.91. The summed E-state index contributed by atoms with van der Waals surface area (Å²) in [5.41, 5.74) is 1.88. The van der Waals surface area contributed by atoms with Crippen LogP contribution in [0.1, 0.15) is 37.8 Å². The molecule has 2 aliphatic rings. The molecule has 2 fully saturated rings. The van der Waals surface area contributed by atoms with Crippen molar-refractivity contribution in [2.75, 3.05) is 32.7 Å². The Morgan fingerprint density at radius 1 is 1.15 bits per heavy atom. The lowest BCUT2D eigenvalue weighted by atomic mass is 9.89. The average Bonchev–Trinajstić information content (AvgIpc) is 3.18. The summed E-state index contributed by atoms with van der Waals surface area (Å²) in [7, 11) is 0. The first-order chi connectivity index (χ1) is 13.3. The smallest absolute Gasteiger partial charge is 0.228 e. The molecule has 4 rings (SSSR count). The molecular weight excluding hydrogens is 356 g/mol. The third-order valence-corrected chi connectivity index (χ3v) is 6.70. The quantitative estimate of drug-likeness (QED) is 0.792. The summed E-state index contributed by atoms with van der Waals surface area (Å²) in [5, 5.41) is 2.93. The highest BCUT2D eigenvalue weighted by Crippen LogP contribution is 2.25. The number of pyridine rings is 1. The Balaban J connectivity index is 1.25. The van der Waals surface area contributed by atoms with Gasteiger partial charge in [0.05, 0.1) is 12.1 Å². The molecule has 0 spiro atoms. The van der Waals surface area contributed by atoms with Crippen LogP contribution in [-0.2, 0) is 11.2 Å². The second kappa shape index (κ2) is 8.93. The largest absolute Gasteiger partial charge is 0.340 e. The predicted octanol–water partition coefficient (Wildman–Crippen LogP) is 3.47. The molecule has 1 saturated carbocycles. The number of hydrogen-bond donors (Lipinski definition) is 0. The molecule has 2 aromatic rings. The lowest BCUT2D eigenvalue weighted by molar-refractivity contribution is -0.132. The van der Waals surface area contributed by atoms with Gasteiger partial charge in [-0.25, -0.2) is 4.98 Å². The number of amides is 1. The fourth-order valence-corrected chi connectivity index (χ4v) is 5.00. The van der Waals surface area contributed by atoms with Gasteiger partial charge in [0.25, 0.3) is 0 Å². The van der Waals surface area contributed by atoms with E-state index in [2.05, 4.69) is 14.9 Å². The Kier molecular flexibility index (Phi) is 6.14. The molecule has 1 aliphatic carbocycles. The van der Waals surface area contributed by atoms with E-state index in [1.165, 1.54) is 38.6 Å². The van der Waals surface area contributed by atoms with Crippen LogP contribution in [0.5, 0.6) is 0 Å². The van der Waals surface area contributed by atoms with Crippen molar-refractivity contribution in [1.29, 1.82) is 0 Å². The molecule has 0 aromatic carbocycles. The molecule has 2 aromatic heterocycles. The van der Waals surface area contributed by atoms with Crippen molar-refractivity contribution in [2.45, 2.75) is 38.5 Å². The van der Waals surface area contributed by atoms with Crippen molar-refractivity contribution < 1.29 is 4.79 Å². The van der Waals surface area contributed by atoms with Crippen molar-refractivity contribution in [2.24, 2.45) is 5.92 Å². The number of piperazine rings is 1. The van der Waals surface area contributed by atoms with Crippen LogP contribution in [0.3, 0.4) is 0 Å². The van der Waals surface area contributed by atoms with Crippen LogP contribution in [0, 0.1) is 5.92 Å². The lowest BCUT2D eigenvalue weighted by Crippen LogP contribution is -2.50. The van der Waals surface area contributed by atoms with Crippen molar-refractivity contribution in [3.05, 3.63) is 35.6 Å².